The molecule has 0 saturated carbocycles. The fraction of sp³-hybridized carbons (Fsp3) is 0.429. The minimum atomic E-state index is -0.221. The molecule has 1 heterocycles. The van der Waals surface area contributed by atoms with Gasteiger partial charge in [0.15, 0.2) is 0 Å². The van der Waals surface area contributed by atoms with Crippen molar-refractivity contribution in [2.75, 3.05) is 13.2 Å². The van der Waals surface area contributed by atoms with Crippen molar-refractivity contribution in [3.63, 3.8) is 0 Å². The molecule has 1 aromatic carbocycles. The summed E-state index contributed by atoms with van der Waals surface area (Å²) in [6.45, 7) is 8.82. The number of carbonyl (C=O) groups excluding carboxylic acids is 2. The molecule has 0 aliphatic carbocycles. The highest BCUT2D eigenvalue weighted by molar-refractivity contribution is 6.21. The molecular formula is C28H37NO3. The topological polar surface area (TPSA) is 57.6 Å². The summed E-state index contributed by atoms with van der Waals surface area (Å²) in [5.74, 6) is -0.442. The fourth-order valence-electron chi connectivity index (χ4n) is 3.70. The Morgan fingerprint density at radius 3 is 1.88 bits per heavy atom. The SMILES string of the molecule is CC(C)=CCC/C(C)=C/CC/C(=C/CC/C(C)=C/CN1C(=O)c2ccccc2C1=O)CO. The standard InChI is InChI=1S/C28H37NO3/c1-21(2)10-7-11-22(3)12-8-14-24(20-30)15-9-13-23(4)18-19-29-27(31)25-16-5-6-17-26(25)28(29)32/h5-6,10,12,15-18,30H,7-9,11,13-14,19-20H2,1-4H3/b22-12+,23-18+,24-15-. The number of benzene rings is 1. The number of hydrogen-bond acceptors (Lipinski definition) is 3. The predicted molar refractivity (Wildman–Crippen MR) is 132 cm³/mol. The van der Waals surface area contributed by atoms with Crippen LogP contribution in [0.5, 0.6) is 0 Å². The van der Waals surface area contributed by atoms with Gasteiger partial charge in [-0.15, -0.1) is 0 Å². The third-order valence-electron chi connectivity index (χ3n) is 5.72. The van der Waals surface area contributed by atoms with Gasteiger partial charge < -0.3 is 5.11 Å². The fourth-order valence-corrected chi connectivity index (χ4v) is 3.70. The molecule has 0 bridgehead atoms. The number of aliphatic hydroxyl groups excluding tert-OH is 1. The maximum atomic E-state index is 12.4. The van der Waals surface area contributed by atoms with Crippen LogP contribution in [0.15, 0.2) is 70.9 Å². The van der Waals surface area contributed by atoms with Crippen LogP contribution in [0.2, 0.25) is 0 Å². The molecule has 1 N–H and O–H groups in total. The zero-order chi connectivity index (χ0) is 23.5. The van der Waals surface area contributed by atoms with Gasteiger partial charge in [0, 0.05) is 6.54 Å². The number of fused-ring (bicyclic) bond motifs is 1. The first-order chi connectivity index (χ1) is 15.3. The van der Waals surface area contributed by atoms with Crippen molar-refractivity contribution >= 4 is 11.8 Å². The first kappa shape index (κ1) is 25.5. The van der Waals surface area contributed by atoms with Gasteiger partial charge >= 0.3 is 0 Å². The lowest BCUT2D eigenvalue weighted by Gasteiger charge is -2.11. The molecule has 0 fully saturated rings. The van der Waals surface area contributed by atoms with Gasteiger partial charge in [0.05, 0.1) is 17.7 Å². The van der Waals surface area contributed by atoms with E-state index in [9.17, 15) is 14.7 Å². The number of rotatable bonds is 12. The van der Waals surface area contributed by atoms with E-state index in [2.05, 4.69) is 39.0 Å². The van der Waals surface area contributed by atoms with Gasteiger partial charge in [0.1, 0.15) is 0 Å². The molecule has 0 aromatic heterocycles. The second-order valence-electron chi connectivity index (χ2n) is 8.79. The lowest BCUT2D eigenvalue weighted by Crippen LogP contribution is -2.29. The maximum Gasteiger partial charge on any atom is 0.261 e. The van der Waals surface area contributed by atoms with Crippen LogP contribution < -0.4 is 0 Å². The monoisotopic (exact) mass is 435 g/mol. The van der Waals surface area contributed by atoms with E-state index >= 15 is 0 Å². The lowest BCUT2D eigenvalue weighted by molar-refractivity contribution is 0.0671. The normalized spacial score (nSPS) is 14.8. The zero-order valence-electron chi connectivity index (χ0n) is 20.0. The highest BCUT2D eigenvalue weighted by Gasteiger charge is 2.34. The number of carbonyl (C=O) groups is 2. The van der Waals surface area contributed by atoms with E-state index in [1.807, 2.05) is 13.0 Å². The largest absolute Gasteiger partial charge is 0.392 e. The number of allylic oxidation sites excluding steroid dienone is 6. The second-order valence-corrected chi connectivity index (χ2v) is 8.79. The van der Waals surface area contributed by atoms with Crippen molar-refractivity contribution in [2.45, 2.75) is 66.2 Å². The highest BCUT2D eigenvalue weighted by atomic mass is 16.3. The van der Waals surface area contributed by atoms with Crippen LogP contribution in [0.25, 0.3) is 0 Å². The zero-order valence-corrected chi connectivity index (χ0v) is 20.0. The minimum Gasteiger partial charge on any atom is -0.392 e. The molecule has 4 nitrogen and oxygen atoms in total. The van der Waals surface area contributed by atoms with Crippen molar-refractivity contribution in [3.8, 4) is 0 Å². The Kier molecular flexibility index (Phi) is 10.4. The van der Waals surface area contributed by atoms with Crippen LogP contribution in [0, 0.1) is 0 Å². The van der Waals surface area contributed by atoms with Crippen LogP contribution in [-0.2, 0) is 0 Å². The van der Waals surface area contributed by atoms with E-state index in [4.69, 9.17) is 0 Å². The van der Waals surface area contributed by atoms with Crippen LogP contribution in [-0.4, -0.2) is 35.0 Å². The number of aliphatic hydroxyl groups is 1. The Morgan fingerprint density at radius 1 is 0.781 bits per heavy atom. The molecule has 1 aliphatic heterocycles. The molecule has 4 heteroatoms. The number of imide groups is 1. The average Bonchev–Trinajstić information content (AvgIpc) is 3.01. The van der Waals surface area contributed by atoms with E-state index in [0.717, 1.165) is 49.7 Å². The first-order valence-electron chi connectivity index (χ1n) is 11.5. The van der Waals surface area contributed by atoms with Crippen LogP contribution in [0.3, 0.4) is 0 Å². The summed E-state index contributed by atoms with van der Waals surface area (Å²) in [6, 6.07) is 6.96. The van der Waals surface area contributed by atoms with Crippen molar-refractivity contribution in [1.82, 2.24) is 4.90 Å². The molecule has 0 radical (unpaired) electrons. The van der Waals surface area contributed by atoms with Gasteiger partial charge in [-0.3, -0.25) is 14.5 Å². The highest BCUT2D eigenvalue weighted by Crippen LogP contribution is 2.22. The summed E-state index contributed by atoms with van der Waals surface area (Å²) in [7, 11) is 0. The van der Waals surface area contributed by atoms with E-state index in [1.165, 1.54) is 16.0 Å². The smallest absolute Gasteiger partial charge is 0.261 e. The van der Waals surface area contributed by atoms with Gasteiger partial charge in [-0.2, -0.15) is 0 Å². The van der Waals surface area contributed by atoms with Crippen molar-refractivity contribution < 1.29 is 14.7 Å². The van der Waals surface area contributed by atoms with Crippen molar-refractivity contribution in [3.05, 3.63) is 82.0 Å². The maximum absolute atomic E-state index is 12.4. The van der Waals surface area contributed by atoms with Gasteiger partial charge in [0.25, 0.3) is 11.8 Å². The summed E-state index contributed by atoms with van der Waals surface area (Å²) in [4.78, 5) is 26.2. The third kappa shape index (κ3) is 7.76. The molecule has 172 valence electrons. The van der Waals surface area contributed by atoms with Gasteiger partial charge in [0.2, 0.25) is 0 Å². The molecule has 1 aliphatic rings. The number of hydrogen-bond donors (Lipinski definition) is 1. The van der Waals surface area contributed by atoms with E-state index in [1.54, 1.807) is 24.3 Å². The Bertz CT molecular complexity index is 895. The summed E-state index contributed by atoms with van der Waals surface area (Å²) in [5, 5.41) is 9.66. The molecular weight excluding hydrogens is 398 g/mol. The van der Waals surface area contributed by atoms with E-state index in [0.29, 0.717) is 17.7 Å². The summed E-state index contributed by atoms with van der Waals surface area (Å²) in [6.07, 6.45) is 14.3. The average molecular weight is 436 g/mol. The molecule has 1 aromatic rings. The number of amides is 2. The van der Waals surface area contributed by atoms with E-state index < -0.39 is 0 Å². The first-order valence-corrected chi connectivity index (χ1v) is 11.5. The minimum absolute atomic E-state index is 0.0858. The summed E-state index contributed by atoms with van der Waals surface area (Å²) in [5.41, 5.74) is 5.92. The van der Waals surface area contributed by atoms with Gasteiger partial charge in [-0.05, 0) is 83.9 Å². The quantitative estimate of drug-likeness (QED) is 0.305. The Balaban J connectivity index is 1.78. The molecule has 0 unspecified atom stereocenters. The Labute approximate surface area is 193 Å². The predicted octanol–water partition coefficient (Wildman–Crippen LogP) is 6.40. The molecule has 2 amide bonds. The Morgan fingerprint density at radius 2 is 1.31 bits per heavy atom. The van der Waals surface area contributed by atoms with Crippen molar-refractivity contribution in [2.24, 2.45) is 0 Å². The summed E-state index contributed by atoms with van der Waals surface area (Å²) < 4.78 is 0. The van der Waals surface area contributed by atoms with Crippen LogP contribution >= 0.6 is 0 Å². The Hall–Kier alpha value is -2.72. The number of nitrogens with zero attached hydrogens (tertiary/aromatic N) is 1. The van der Waals surface area contributed by atoms with Crippen molar-refractivity contribution in [1.29, 1.82) is 0 Å². The molecule has 0 spiro atoms. The third-order valence-corrected chi connectivity index (χ3v) is 5.72. The van der Waals surface area contributed by atoms with Gasteiger partial charge in [-0.1, -0.05) is 53.2 Å². The van der Waals surface area contributed by atoms with Crippen LogP contribution in [0.1, 0.15) is 86.9 Å². The molecule has 0 atom stereocenters. The summed E-state index contributed by atoms with van der Waals surface area (Å²) >= 11 is 0. The molecule has 2 rings (SSSR count). The lowest BCUT2D eigenvalue weighted by atomic mass is 10.0. The van der Waals surface area contributed by atoms with Crippen LogP contribution in [0.4, 0.5) is 0 Å². The van der Waals surface area contributed by atoms with E-state index in [-0.39, 0.29) is 18.4 Å². The molecule has 0 saturated heterocycles. The second kappa shape index (κ2) is 13.0. The molecule has 32 heavy (non-hydrogen) atoms. The van der Waals surface area contributed by atoms with Gasteiger partial charge in [-0.25, -0.2) is 0 Å².